The van der Waals surface area contributed by atoms with Gasteiger partial charge in [0.25, 0.3) is 0 Å². The van der Waals surface area contributed by atoms with Gasteiger partial charge < -0.3 is 5.73 Å². The Bertz CT molecular complexity index is 292. The molecule has 1 atom stereocenters. The van der Waals surface area contributed by atoms with Crippen molar-refractivity contribution in [1.29, 1.82) is 0 Å². The van der Waals surface area contributed by atoms with E-state index in [0.29, 0.717) is 6.54 Å². The molecule has 1 rings (SSSR count). The molecular formula is C8H12F3N3. The van der Waals surface area contributed by atoms with Crippen molar-refractivity contribution >= 4 is 0 Å². The monoisotopic (exact) mass is 207 g/mol. The lowest BCUT2D eigenvalue weighted by Crippen LogP contribution is -2.30. The maximum absolute atomic E-state index is 12.3. The van der Waals surface area contributed by atoms with Gasteiger partial charge in [-0.2, -0.15) is 18.3 Å². The summed E-state index contributed by atoms with van der Waals surface area (Å²) in [6.07, 6.45) is -2.36. The van der Waals surface area contributed by atoms with Gasteiger partial charge in [-0.25, -0.2) is 0 Å². The summed E-state index contributed by atoms with van der Waals surface area (Å²) in [5.41, 5.74) is 5.08. The minimum Gasteiger partial charge on any atom is -0.315 e. The van der Waals surface area contributed by atoms with Crippen molar-refractivity contribution in [2.45, 2.75) is 32.1 Å². The number of aryl methyl sites for hydroxylation is 1. The molecule has 0 saturated carbocycles. The Labute approximate surface area is 79.7 Å². The van der Waals surface area contributed by atoms with Crippen LogP contribution in [0.15, 0.2) is 12.3 Å². The van der Waals surface area contributed by atoms with Gasteiger partial charge in [-0.15, -0.1) is 0 Å². The lowest BCUT2D eigenvalue weighted by Gasteiger charge is -2.16. The Kier molecular flexibility index (Phi) is 3.15. The number of nitrogens with two attached hydrogens (primary N) is 1. The van der Waals surface area contributed by atoms with E-state index < -0.39 is 12.2 Å². The van der Waals surface area contributed by atoms with Crippen LogP contribution in [0.5, 0.6) is 0 Å². The molecule has 0 saturated heterocycles. The first-order valence-corrected chi connectivity index (χ1v) is 4.30. The summed E-state index contributed by atoms with van der Waals surface area (Å²) in [6.45, 7) is 2.32. The van der Waals surface area contributed by atoms with E-state index in [2.05, 4.69) is 5.10 Å². The summed E-state index contributed by atoms with van der Waals surface area (Å²) in [5, 5.41) is 3.78. The number of rotatable bonds is 3. The highest BCUT2D eigenvalue weighted by Crippen LogP contribution is 2.30. The van der Waals surface area contributed by atoms with E-state index in [-0.39, 0.29) is 5.69 Å². The van der Waals surface area contributed by atoms with Crippen LogP contribution in [0.4, 0.5) is 13.2 Å². The van der Waals surface area contributed by atoms with Crippen LogP contribution in [0.3, 0.4) is 0 Å². The zero-order valence-corrected chi connectivity index (χ0v) is 7.75. The fourth-order valence-corrected chi connectivity index (χ4v) is 1.17. The van der Waals surface area contributed by atoms with Crippen molar-refractivity contribution in [2.24, 2.45) is 5.73 Å². The number of hydrogen-bond acceptors (Lipinski definition) is 2. The van der Waals surface area contributed by atoms with Crippen LogP contribution in [0.25, 0.3) is 0 Å². The third-order valence-electron chi connectivity index (χ3n) is 1.86. The van der Waals surface area contributed by atoms with Crippen molar-refractivity contribution in [2.75, 3.05) is 0 Å². The van der Waals surface area contributed by atoms with Crippen LogP contribution in [0.2, 0.25) is 0 Å². The molecule has 0 aromatic carbocycles. The third kappa shape index (κ3) is 2.25. The smallest absolute Gasteiger partial charge is 0.315 e. The lowest BCUT2D eigenvalue weighted by atomic mass is 10.2. The van der Waals surface area contributed by atoms with Crippen molar-refractivity contribution in [3.8, 4) is 0 Å². The lowest BCUT2D eigenvalue weighted by molar-refractivity contribution is -0.150. The summed E-state index contributed by atoms with van der Waals surface area (Å²) >= 11 is 0. The quantitative estimate of drug-likeness (QED) is 0.822. The minimum absolute atomic E-state index is 0.0133. The zero-order valence-electron chi connectivity index (χ0n) is 7.75. The molecule has 6 heteroatoms. The van der Waals surface area contributed by atoms with Crippen LogP contribution < -0.4 is 5.73 Å². The predicted octanol–water partition coefficient (Wildman–Crippen LogP) is 1.86. The number of halogens is 3. The average molecular weight is 207 g/mol. The van der Waals surface area contributed by atoms with Crippen LogP contribution >= 0.6 is 0 Å². The second kappa shape index (κ2) is 4.00. The largest absolute Gasteiger partial charge is 0.409 e. The molecule has 1 aromatic heterocycles. The highest BCUT2D eigenvalue weighted by atomic mass is 19.4. The van der Waals surface area contributed by atoms with E-state index in [1.807, 2.05) is 6.92 Å². The van der Waals surface area contributed by atoms with Gasteiger partial charge in [0.05, 0.1) is 5.69 Å². The average Bonchev–Trinajstić information content (AvgIpc) is 2.50. The molecule has 1 heterocycles. The van der Waals surface area contributed by atoms with Gasteiger partial charge in [0.1, 0.15) is 6.04 Å². The SMILES string of the molecule is CCCn1nccc1C(N)C(F)(F)F. The van der Waals surface area contributed by atoms with Gasteiger partial charge >= 0.3 is 6.18 Å². The van der Waals surface area contributed by atoms with E-state index >= 15 is 0 Å². The van der Waals surface area contributed by atoms with E-state index in [4.69, 9.17) is 5.73 Å². The summed E-state index contributed by atoms with van der Waals surface area (Å²) in [7, 11) is 0. The standard InChI is InChI=1S/C8H12F3N3/c1-2-5-14-6(3-4-13-14)7(12)8(9,10)11/h3-4,7H,2,5,12H2,1H3. The highest BCUT2D eigenvalue weighted by Gasteiger charge is 2.39. The topological polar surface area (TPSA) is 43.8 Å². The van der Waals surface area contributed by atoms with Gasteiger partial charge in [0, 0.05) is 12.7 Å². The van der Waals surface area contributed by atoms with E-state index in [0.717, 1.165) is 6.42 Å². The normalized spacial score (nSPS) is 14.4. The maximum atomic E-state index is 12.3. The van der Waals surface area contributed by atoms with Gasteiger partial charge in [-0.3, -0.25) is 4.68 Å². The van der Waals surface area contributed by atoms with Crippen molar-refractivity contribution in [3.63, 3.8) is 0 Å². The van der Waals surface area contributed by atoms with Crippen LogP contribution in [-0.4, -0.2) is 16.0 Å². The maximum Gasteiger partial charge on any atom is 0.409 e. The van der Waals surface area contributed by atoms with Crippen molar-refractivity contribution < 1.29 is 13.2 Å². The number of aromatic nitrogens is 2. The molecule has 0 radical (unpaired) electrons. The first-order valence-electron chi connectivity index (χ1n) is 4.30. The zero-order chi connectivity index (χ0) is 10.8. The summed E-state index contributed by atoms with van der Waals surface area (Å²) < 4.78 is 38.1. The van der Waals surface area contributed by atoms with Crippen LogP contribution in [0, 0.1) is 0 Å². The van der Waals surface area contributed by atoms with Gasteiger partial charge in [0.2, 0.25) is 0 Å². The number of hydrogen-bond donors (Lipinski definition) is 1. The second-order valence-corrected chi connectivity index (χ2v) is 3.00. The van der Waals surface area contributed by atoms with E-state index in [1.54, 1.807) is 0 Å². The molecule has 1 unspecified atom stereocenters. The summed E-state index contributed by atoms with van der Waals surface area (Å²) in [5.74, 6) is 0. The van der Waals surface area contributed by atoms with Crippen molar-refractivity contribution in [1.82, 2.24) is 9.78 Å². The Morgan fingerprint density at radius 1 is 1.57 bits per heavy atom. The predicted molar refractivity (Wildman–Crippen MR) is 45.5 cm³/mol. The van der Waals surface area contributed by atoms with E-state index in [9.17, 15) is 13.2 Å². The Morgan fingerprint density at radius 3 is 2.71 bits per heavy atom. The second-order valence-electron chi connectivity index (χ2n) is 3.00. The van der Waals surface area contributed by atoms with E-state index in [1.165, 1.54) is 16.9 Å². The third-order valence-corrected chi connectivity index (χ3v) is 1.86. The fraction of sp³-hybridized carbons (Fsp3) is 0.625. The molecule has 0 bridgehead atoms. The molecule has 0 fully saturated rings. The molecule has 14 heavy (non-hydrogen) atoms. The molecular weight excluding hydrogens is 195 g/mol. The minimum atomic E-state index is -4.41. The summed E-state index contributed by atoms with van der Waals surface area (Å²) in [6, 6.07) is -0.648. The molecule has 0 spiro atoms. The molecule has 0 aliphatic rings. The van der Waals surface area contributed by atoms with Crippen LogP contribution in [-0.2, 0) is 6.54 Å². The molecule has 0 aliphatic carbocycles. The molecule has 2 N–H and O–H groups in total. The Balaban J connectivity index is 2.89. The van der Waals surface area contributed by atoms with Crippen molar-refractivity contribution in [3.05, 3.63) is 18.0 Å². The Hall–Kier alpha value is -1.04. The Morgan fingerprint density at radius 2 is 2.21 bits per heavy atom. The first-order chi connectivity index (χ1) is 6.46. The first kappa shape index (κ1) is 11.0. The van der Waals surface area contributed by atoms with Gasteiger partial charge in [-0.1, -0.05) is 6.92 Å². The molecule has 0 amide bonds. The molecule has 3 nitrogen and oxygen atoms in total. The summed E-state index contributed by atoms with van der Waals surface area (Å²) in [4.78, 5) is 0. The fourth-order valence-electron chi connectivity index (χ4n) is 1.17. The number of nitrogens with zero attached hydrogens (tertiary/aromatic N) is 2. The van der Waals surface area contributed by atoms with Gasteiger partial charge in [0.15, 0.2) is 0 Å². The molecule has 80 valence electrons. The van der Waals surface area contributed by atoms with Gasteiger partial charge in [-0.05, 0) is 12.5 Å². The molecule has 0 aliphatic heterocycles. The number of alkyl halides is 3. The van der Waals surface area contributed by atoms with Crippen LogP contribution in [0.1, 0.15) is 25.1 Å². The highest BCUT2D eigenvalue weighted by molar-refractivity contribution is 5.08. The molecule has 1 aromatic rings.